The summed E-state index contributed by atoms with van der Waals surface area (Å²) in [5.74, 6) is 0. The van der Waals surface area contributed by atoms with E-state index >= 15 is 0 Å². The molecule has 0 aliphatic carbocycles. The van der Waals surface area contributed by atoms with E-state index in [1.165, 1.54) is 5.56 Å². The second kappa shape index (κ2) is 3.51. The Kier molecular flexibility index (Phi) is 2.63. The van der Waals surface area contributed by atoms with Crippen molar-refractivity contribution in [1.29, 1.82) is 0 Å². The SMILES string of the molecule is Cc1cccc(CC(N)O)c1. The van der Waals surface area contributed by atoms with Gasteiger partial charge in [-0.1, -0.05) is 29.8 Å². The lowest BCUT2D eigenvalue weighted by Crippen LogP contribution is -2.21. The highest BCUT2D eigenvalue weighted by molar-refractivity contribution is 5.22. The average Bonchev–Trinajstić information content (AvgIpc) is 1.85. The summed E-state index contributed by atoms with van der Waals surface area (Å²) in [6.07, 6.45) is -0.210. The first-order chi connectivity index (χ1) is 5.18. The molecule has 0 fully saturated rings. The van der Waals surface area contributed by atoms with Gasteiger partial charge in [0.2, 0.25) is 0 Å². The summed E-state index contributed by atoms with van der Waals surface area (Å²) in [6, 6.07) is 7.97. The Morgan fingerprint density at radius 1 is 1.55 bits per heavy atom. The molecule has 2 nitrogen and oxygen atoms in total. The Balaban J connectivity index is 2.71. The van der Waals surface area contributed by atoms with Crippen molar-refractivity contribution in [3.05, 3.63) is 35.4 Å². The van der Waals surface area contributed by atoms with E-state index in [1.54, 1.807) is 0 Å². The first-order valence-corrected chi connectivity index (χ1v) is 3.67. The molecule has 3 N–H and O–H groups in total. The van der Waals surface area contributed by atoms with Gasteiger partial charge in [0.05, 0.1) is 0 Å². The Bertz CT molecular complexity index is 233. The van der Waals surface area contributed by atoms with Gasteiger partial charge in [-0.05, 0) is 12.5 Å². The van der Waals surface area contributed by atoms with Crippen LogP contribution < -0.4 is 5.73 Å². The Morgan fingerprint density at radius 3 is 2.82 bits per heavy atom. The third kappa shape index (κ3) is 2.70. The number of aliphatic hydroxyl groups is 1. The van der Waals surface area contributed by atoms with E-state index in [1.807, 2.05) is 31.2 Å². The minimum absolute atomic E-state index is 0.529. The summed E-state index contributed by atoms with van der Waals surface area (Å²) in [7, 11) is 0. The maximum Gasteiger partial charge on any atom is 0.106 e. The molecule has 2 heteroatoms. The van der Waals surface area contributed by atoms with Crippen LogP contribution >= 0.6 is 0 Å². The summed E-state index contributed by atoms with van der Waals surface area (Å²) >= 11 is 0. The van der Waals surface area contributed by atoms with Gasteiger partial charge in [0.15, 0.2) is 0 Å². The number of rotatable bonds is 2. The molecule has 1 rings (SSSR count). The van der Waals surface area contributed by atoms with Crippen molar-refractivity contribution in [3.63, 3.8) is 0 Å². The van der Waals surface area contributed by atoms with E-state index < -0.39 is 6.23 Å². The van der Waals surface area contributed by atoms with Crippen LogP contribution in [0.2, 0.25) is 0 Å². The lowest BCUT2D eigenvalue weighted by Gasteiger charge is -2.04. The molecule has 0 bridgehead atoms. The van der Waals surface area contributed by atoms with Gasteiger partial charge in [-0.15, -0.1) is 0 Å². The van der Waals surface area contributed by atoms with Gasteiger partial charge in [-0.3, -0.25) is 0 Å². The fourth-order valence-corrected chi connectivity index (χ4v) is 1.08. The van der Waals surface area contributed by atoms with Crippen LogP contribution in [0.3, 0.4) is 0 Å². The van der Waals surface area contributed by atoms with Crippen LogP contribution in [0.25, 0.3) is 0 Å². The second-order valence-corrected chi connectivity index (χ2v) is 2.76. The maximum atomic E-state index is 8.87. The summed E-state index contributed by atoms with van der Waals surface area (Å²) < 4.78 is 0. The van der Waals surface area contributed by atoms with E-state index in [9.17, 15) is 0 Å². The molecule has 0 heterocycles. The van der Waals surface area contributed by atoms with Gasteiger partial charge in [-0.2, -0.15) is 0 Å². The van der Waals surface area contributed by atoms with Crippen LogP contribution in [-0.2, 0) is 6.42 Å². The quantitative estimate of drug-likeness (QED) is 0.614. The number of hydrogen-bond acceptors (Lipinski definition) is 2. The van der Waals surface area contributed by atoms with Gasteiger partial charge in [0.1, 0.15) is 6.23 Å². The molecular weight excluding hydrogens is 138 g/mol. The van der Waals surface area contributed by atoms with E-state index in [0.29, 0.717) is 6.42 Å². The molecular formula is C9H13NO. The van der Waals surface area contributed by atoms with Crippen molar-refractivity contribution in [1.82, 2.24) is 0 Å². The van der Waals surface area contributed by atoms with Gasteiger partial charge in [0.25, 0.3) is 0 Å². The highest BCUT2D eigenvalue weighted by Crippen LogP contribution is 2.04. The van der Waals surface area contributed by atoms with Crippen LogP contribution in [0, 0.1) is 6.92 Å². The van der Waals surface area contributed by atoms with Crippen molar-refractivity contribution in [2.45, 2.75) is 19.6 Å². The zero-order valence-electron chi connectivity index (χ0n) is 6.62. The standard InChI is InChI=1S/C9H13NO/c1-7-3-2-4-8(5-7)6-9(10)11/h2-5,9,11H,6,10H2,1H3. The normalized spacial score (nSPS) is 13.0. The fourth-order valence-electron chi connectivity index (χ4n) is 1.08. The van der Waals surface area contributed by atoms with Gasteiger partial charge < -0.3 is 10.8 Å². The van der Waals surface area contributed by atoms with Crippen molar-refractivity contribution < 1.29 is 5.11 Å². The second-order valence-electron chi connectivity index (χ2n) is 2.76. The molecule has 11 heavy (non-hydrogen) atoms. The van der Waals surface area contributed by atoms with Gasteiger partial charge in [-0.25, -0.2) is 0 Å². The summed E-state index contributed by atoms with van der Waals surface area (Å²) in [5.41, 5.74) is 7.51. The van der Waals surface area contributed by atoms with E-state index in [0.717, 1.165) is 5.56 Å². The molecule has 60 valence electrons. The third-order valence-electron chi connectivity index (χ3n) is 1.53. The Labute approximate surface area is 66.7 Å². The van der Waals surface area contributed by atoms with Crippen LogP contribution in [0.5, 0.6) is 0 Å². The molecule has 0 amide bonds. The minimum Gasteiger partial charge on any atom is -0.378 e. The average molecular weight is 151 g/mol. The number of benzene rings is 1. The summed E-state index contributed by atoms with van der Waals surface area (Å²) in [6.45, 7) is 2.02. The van der Waals surface area contributed by atoms with Crippen LogP contribution in [-0.4, -0.2) is 11.3 Å². The molecule has 0 aliphatic heterocycles. The molecule has 0 aromatic heterocycles. The lowest BCUT2D eigenvalue weighted by molar-refractivity contribution is 0.183. The molecule has 1 atom stereocenters. The molecule has 0 saturated heterocycles. The largest absolute Gasteiger partial charge is 0.378 e. The Morgan fingerprint density at radius 2 is 2.27 bits per heavy atom. The first kappa shape index (κ1) is 8.24. The lowest BCUT2D eigenvalue weighted by atomic mass is 10.1. The predicted octanol–water partition coefficient (Wildman–Crippen LogP) is 0.815. The number of aryl methyl sites for hydroxylation is 1. The van der Waals surface area contributed by atoms with E-state index in [4.69, 9.17) is 10.8 Å². The molecule has 0 saturated carbocycles. The van der Waals surface area contributed by atoms with Crippen molar-refractivity contribution in [2.24, 2.45) is 5.73 Å². The van der Waals surface area contributed by atoms with Crippen LogP contribution in [0.1, 0.15) is 11.1 Å². The first-order valence-electron chi connectivity index (χ1n) is 3.67. The highest BCUT2D eigenvalue weighted by atomic mass is 16.3. The summed E-state index contributed by atoms with van der Waals surface area (Å²) in [5, 5.41) is 8.87. The number of nitrogens with two attached hydrogens (primary N) is 1. The molecule has 0 aliphatic rings. The molecule has 0 spiro atoms. The zero-order chi connectivity index (χ0) is 8.27. The third-order valence-corrected chi connectivity index (χ3v) is 1.53. The highest BCUT2D eigenvalue weighted by Gasteiger charge is 1.97. The van der Waals surface area contributed by atoms with E-state index in [-0.39, 0.29) is 0 Å². The van der Waals surface area contributed by atoms with Crippen molar-refractivity contribution in [3.8, 4) is 0 Å². The molecule has 1 unspecified atom stereocenters. The Hall–Kier alpha value is -0.860. The molecule has 1 aromatic rings. The van der Waals surface area contributed by atoms with Gasteiger partial charge in [0, 0.05) is 6.42 Å². The fraction of sp³-hybridized carbons (Fsp3) is 0.333. The van der Waals surface area contributed by atoms with E-state index in [2.05, 4.69) is 0 Å². The number of aliphatic hydroxyl groups excluding tert-OH is 1. The van der Waals surface area contributed by atoms with Crippen molar-refractivity contribution >= 4 is 0 Å². The summed E-state index contributed by atoms with van der Waals surface area (Å²) in [4.78, 5) is 0. The maximum absolute atomic E-state index is 8.87. The monoisotopic (exact) mass is 151 g/mol. The minimum atomic E-state index is -0.739. The molecule has 1 aromatic carbocycles. The smallest absolute Gasteiger partial charge is 0.106 e. The van der Waals surface area contributed by atoms with Crippen LogP contribution in [0.15, 0.2) is 24.3 Å². The predicted molar refractivity (Wildman–Crippen MR) is 45.1 cm³/mol. The number of hydrogen-bond donors (Lipinski definition) is 2. The zero-order valence-corrected chi connectivity index (χ0v) is 6.62. The van der Waals surface area contributed by atoms with Crippen LogP contribution in [0.4, 0.5) is 0 Å². The van der Waals surface area contributed by atoms with Gasteiger partial charge >= 0.3 is 0 Å². The topological polar surface area (TPSA) is 46.2 Å². The molecule has 0 radical (unpaired) electrons. The van der Waals surface area contributed by atoms with Crippen molar-refractivity contribution in [2.75, 3.05) is 0 Å².